The molecule has 1 aliphatic rings. The van der Waals surface area contributed by atoms with Crippen molar-refractivity contribution in [3.05, 3.63) is 42.2 Å². The van der Waals surface area contributed by atoms with E-state index in [1.807, 2.05) is 14.0 Å². The number of nitrogens with one attached hydrogen (secondary N) is 2. The second kappa shape index (κ2) is 6.38. The summed E-state index contributed by atoms with van der Waals surface area (Å²) in [6.45, 7) is 10.1. The van der Waals surface area contributed by atoms with Gasteiger partial charge in [0, 0.05) is 44.6 Å². The molecule has 0 spiro atoms. The fourth-order valence-electron chi connectivity index (χ4n) is 2.16. The molecule has 1 aromatic carbocycles. The Labute approximate surface area is 115 Å². The number of hydrogen-bond acceptors (Lipinski definition) is 4. The molecule has 102 valence electrons. The van der Waals surface area contributed by atoms with E-state index in [0.29, 0.717) is 5.82 Å². The molecule has 0 radical (unpaired) electrons. The number of nitrogens with zero attached hydrogens (tertiary/aromatic N) is 2. The molecule has 2 N–H and O–H groups in total. The van der Waals surface area contributed by atoms with E-state index in [1.165, 1.54) is 5.69 Å². The Morgan fingerprint density at radius 3 is 2.47 bits per heavy atom. The molecule has 1 aromatic rings. The molecular weight excluding hydrogens is 236 g/mol. The van der Waals surface area contributed by atoms with E-state index in [9.17, 15) is 0 Å². The average molecular weight is 258 g/mol. The number of rotatable bonds is 4. The lowest BCUT2D eigenvalue weighted by atomic mass is 10.1. The molecule has 4 heteroatoms. The molecule has 0 saturated carbocycles. The third-order valence-electron chi connectivity index (χ3n) is 3.36. The predicted molar refractivity (Wildman–Crippen MR) is 81.9 cm³/mol. The van der Waals surface area contributed by atoms with Crippen LogP contribution >= 0.6 is 0 Å². The highest BCUT2D eigenvalue weighted by atomic mass is 15.2. The summed E-state index contributed by atoms with van der Waals surface area (Å²) in [4.78, 5) is 6.80. The highest BCUT2D eigenvalue weighted by Crippen LogP contribution is 2.16. The van der Waals surface area contributed by atoms with Gasteiger partial charge in [0.25, 0.3) is 0 Å². The Bertz CT molecular complexity index is 456. The van der Waals surface area contributed by atoms with Crippen LogP contribution in [0.2, 0.25) is 0 Å². The van der Waals surface area contributed by atoms with E-state index < -0.39 is 0 Å². The van der Waals surface area contributed by atoms with Gasteiger partial charge in [-0.1, -0.05) is 18.7 Å². The van der Waals surface area contributed by atoms with Crippen molar-refractivity contribution >= 4 is 11.4 Å². The van der Waals surface area contributed by atoms with Gasteiger partial charge in [-0.05, 0) is 24.6 Å². The van der Waals surface area contributed by atoms with Gasteiger partial charge in [-0.3, -0.25) is 0 Å². The first kappa shape index (κ1) is 13.6. The molecule has 2 rings (SSSR count). The molecule has 0 bridgehead atoms. The molecule has 1 heterocycles. The molecule has 0 aliphatic carbocycles. The molecule has 0 aromatic heterocycles. The van der Waals surface area contributed by atoms with E-state index >= 15 is 0 Å². The van der Waals surface area contributed by atoms with Gasteiger partial charge in [0.15, 0.2) is 0 Å². The standard InChI is InChI=1S/C15H22N4/c1-12(18-13(2)16-3)14-4-6-15(7-5-14)19-10-8-17-9-11-19/h4-7,16-17H,2,8-11H2,1,3H3. The summed E-state index contributed by atoms with van der Waals surface area (Å²) in [6.07, 6.45) is 0. The monoisotopic (exact) mass is 258 g/mol. The van der Waals surface area contributed by atoms with Gasteiger partial charge in [-0.15, -0.1) is 0 Å². The van der Waals surface area contributed by atoms with Crippen LogP contribution in [0.15, 0.2) is 41.7 Å². The average Bonchev–Trinajstić information content (AvgIpc) is 2.48. The van der Waals surface area contributed by atoms with Gasteiger partial charge in [0.05, 0.1) is 0 Å². The Balaban J connectivity index is 2.09. The lowest BCUT2D eigenvalue weighted by Crippen LogP contribution is -2.43. The summed E-state index contributed by atoms with van der Waals surface area (Å²) in [6, 6.07) is 8.59. The molecule has 1 fully saturated rings. The number of benzene rings is 1. The maximum absolute atomic E-state index is 4.40. The van der Waals surface area contributed by atoms with Crippen LogP contribution in [-0.4, -0.2) is 38.9 Å². The lowest BCUT2D eigenvalue weighted by molar-refractivity contribution is 0.589. The molecule has 1 aliphatic heterocycles. The van der Waals surface area contributed by atoms with Crippen LogP contribution in [-0.2, 0) is 0 Å². The van der Waals surface area contributed by atoms with Crippen LogP contribution in [0.5, 0.6) is 0 Å². The molecule has 0 amide bonds. The molecule has 0 atom stereocenters. The summed E-state index contributed by atoms with van der Waals surface area (Å²) >= 11 is 0. The zero-order chi connectivity index (χ0) is 13.7. The smallest absolute Gasteiger partial charge is 0.118 e. The Morgan fingerprint density at radius 1 is 1.26 bits per heavy atom. The van der Waals surface area contributed by atoms with Crippen LogP contribution in [0.1, 0.15) is 12.5 Å². The summed E-state index contributed by atoms with van der Waals surface area (Å²) in [5.41, 5.74) is 3.40. The Kier molecular flexibility index (Phi) is 4.58. The minimum atomic E-state index is 0.684. The fourth-order valence-corrected chi connectivity index (χ4v) is 2.16. The zero-order valence-electron chi connectivity index (χ0n) is 11.7. The van der Waals surface area contributed by atoms with Crippen molar-refractivity contribution in [2.24, 2.45) is 4.99 Å². The maximum Gasteiger partial charge on any atom is 0.118 e. The molecule has 1 saturated heterocycles. The summed E-state index contributed by atoms with van der Waals surface area (Å²) in [5.74, 6) is 0.684. The van der Waals surface area contributed by atoms with Crippen molar-refractivity contribution in [2.75, 3.05) is 38.1 Å². The van der Waals surface area contributed by atoms with Gasteiger partial charge in [-0.25, -0.2) is 4.99 Å². The quantitative estimate of drug-likeness (QED) is 0.806. The first-order valence-electron chi connectivity index (χ1n) is 6.69. The van der Waals surface area contributed by atoms with Crippen molar-refractivity contribution in [1.29, 1.82) is 0 Å². The van der Waals surface area contributed by atoms with Gasteiger partial charge in [0.2, 0.25) is 0 Å². The predicted octanol–water partition coefficient (Wildman–Crippen LogP) is 1.60. The first-order valence-corrected chi connectivity index (χ1v) is 6.69. The third kappa shape index (κ3) is 3.58. The van der Waals surface area contributed by atoms with E-state index in [-0.39, 0.29) is 0 Å². The highest BCUT2D eigenvalue weighted by Gasteiger charge is 2.10. The SMILES string of the molecule is C=C(N=C(C)c1ccc(N2CCNCC2)cc1)NC. The van der Waals surface area contributed by atoms with Crippen LogP contribution in [0.3, 0.4) is 0 Å². The maximum atomic E-state index is 4.40. The summed E-state index contributed by atoms with van der Waals surface area (Å²) in [5, 5.41) is 6.30. The van der Waals surface area contributed by atoms with Gasteiger partial charge in [0.1, 0.15) is 5.82 Å². The van der Waals surface area contributed by atoms with Crippen molar-refractivity contribution in [2.45, 2.75) is 6.92 Å². The number of aliphatic imine (C=N–C) groups is 1. The normalized spacial score (nSPS) is 16.3. The molecule has 19 heavy (non-hydrogen) atoms. The van der Waals surface area contributed by atoms with E-state index in [0.717, 1.165) is 37.5 Å². The Morgan fingerprint density at radius 2 is 1.89 bits per heavy atom. The van der Waals surface area contributed by atoms with Gasteiger partial charge >= 0.3 is 0 Å². The number of piperazine rings is 1. The molecule has 0 unspecified atom stereocenters. The van der Waals surface area contributed by atoms with Crippen molar-refractivity contribution in [3.8, 4) is 0 Å². The third-order valence-corrected chi connectivity index (χ3v) is 3.36. The number of anilines is 1. The van der Waals surface area contributed by atoms with E-state index in [2.05, 4.69) is 51.4 Å². The summed E-state index contributed by atoms with van der Waals surface area (Å²) < 4.78 is 0. The first-order chi connectivity index (χ1) is 9.20. The largest absolute Gasteiger partial charge is 0.374 e. The zero-order valence-corrected chi connectivity index (χ0v) is 11.7. The van der Waals surface area contributed by atoms with Gasteiger partial charge < -0.3 is 15.5 Å². The van der Waals surface area contributed by atoms with Crippen LogP contribution in [0.4, 0.5) is 5.69 Å². The van der Waals surface area contributed by atoms with Crippen molar-refractivity contribution < 1.29 is 0 Å². The van der Waals surface area contributed by atoms with Crippen LogP contribution in [0.25, 0.3) is 0 Å². The fraction of sp³-hybridized carbons (Fsp3) is 0.400. The van der Waals surface area contributed by atoms with Crippen LogP contribution in [0, 0.1) is 0 Å². The highest BCUT2D eigenvalue weighted by molar-refractivity contribution is 5.99. The van der Waals surface area contributed by atoms with Crippen molar-refractivity contribution in [3.63, 3.8) is 0 Å². The minimum Gasteiger partial charge on any atom is -0.374 e. The molecular formula is C15H22N4. The lowest BCUT2D eigenvalue weighted by Gasteiger charge is -2.29. The second-order valence-electron chi connectivity index (χ2n) is 4.68. The number of hydrogen-bond donors (Lipinski definition) is 2. The molecule has 4 nitrogen and oxygen atoms in total. The topological polar surface area (TPSA) is 39.7 Å². The summed E-state index contributed by atoms with van der Waals surface area (Å²) in [7, 11) is 1.83. The Hall–Kier alpha value is -1.81. The van der Waals surface area contributed by atoms with Crippen molar-refractivity contribution in [1.82, 2.24) is 10.6 Å². The van der Waals surface area contributed by atoms with Crippen LogP contribution < -0.4 is 15.5 Å². The second-order valence-corrected chi connectivity index (χ2v) is 4.68. The van der Waals surface area contributed by atoms with E-state index in [1.54, 1.807) is 0 Å². The van der Waals surface area contributed by atoms with E-state index in [4.69, 9.17) is 0 Å². The minimum absolute atomic E-state index is 0.684. The van der Waals surface area contributed by atoms with Gasteiger partial charge in [-0.2, -0.15) is 0 Å².